The maximum absolute atomic E-state index is 15.3. The largest absolute Gasteiger partial charge is 0.508 e. The van der Waals surface area contributed by atoms with Gasteiger partial charge in [0.2, 0.25) is 0 Å². The summed E-state index contributed by atoms with van der Waals surface area (Å²) >= 11 is 3.29. The summed E-state index contributed by atoms with van der Waals surface area (Å²) in [5, 5.41) is 39.5. The predicted molar refractivity (Wildman–Crippen MR) is 238 cm³/mol. The number of phenols is 1. The lowest BCUT2D eigenvalue weighted by molar-refractivity contribution is -0.00440. The van der Waals surface area contributed by atoms with Gasteiger partial charge in [0.15, 0.2) is 11.7 Å². The van der Waals surface area contributed by atoms with Crippen LogP contribution in [-0.2, 0) is 6.42 Å². The minimum absolute atomic E-state index is 0.126. The van der Waals surface area contributed by atoms with Crippen molar-refractivity contribution in [2.45, 2.75) is 123 Å². The Hall–Kier alpha value is -3.80. The van der Waals surface area contributed by atoms with Crippen LogP contribution in [0.4, 0.5) is 5.69 Å². The van der Waals surface area contributed by atoms with Gasteiger partial charge in [-0.05, 0) is 136 Å². The fourth-order valence-electron chi connectivity index (χ4n) is 12.0. The Bertz CT molecular complexity index is 2120. The number of aliphatic hydroxyl groups excluding tert-OH is 2. The zero-order valence-electron chi connectivity index (χ0n) is 34.8. The van der Waals surface area contributed by atoms with E-state index in [1.807, 2.05) is 13.0 Å². The lowest BCUT2D eigenvalue weighted by atomic mass is 9.57. The number of nitrogens with one attached hydrogen (secondary N) is 2. The molecule has 4 aliphatic carbocycles. The number of phenolic OH excluding ortho intramolecular Hbond substituents is 1. The van der Waals surface area contributed by atoms with E-state index in [1.54, 1.807) is 42.7 Å². The van der Waals surface area contributed by atoms with E-state index in [2.05, 4.69) is 70.5 Å². The number of carbonyl (C=O) groups excluding carboxylic acids is 1. The van der Waals surface area contributed by atoms with Gasteiger partial charge in [-0.1, -0.05) is 50.4 Å². The molecule has 0 aliphatic heterocycles. The maximum Gasteiger partial charge on any atom is 0.188 e. The first-order chi connectivity index (χ1) is 28.0. The standard InChI is InChI=1S/C48H62N4O4S2/c1-5-7-8-20-47-21-10-13-37-33(23-35(55)25-40(37)51-27-31(3)54)24-39(52-45(49)50-4)32-14-16-38(46(26-32,29-47)30-48(47)22-9-12-34(48)28-53)44(56)43-19-18-42(58-43)41-17-15-36(57-41)11-6-2/h15,17-19,23,25,31-32,34,38-39,51,53-55H,5,7-9,12,14,16,20-22,24,26-30H2,1-4H3,(H3,49,50,52)/t31-,32+,34+,38+,39+,46+,47+,48+/m0/s1. The number of rotatable bonds is 12. The first-order valence-electron chi connectivity index (χ1n) is 21.5. The number of aromatic hydroxyl groups is 1. The topological polar surface area (TPSA) is 140 Å². The molecule has 3 aromatic rings. The summed E-state index contributed by atoms with van der Waals surface area (Å²) in [7, 11) is 1.70. The number of aliphatic hydroxyl groups is 2. The number of thiophene rings is 2. The van der Waals surface area contributed by atoms with Crippen LogP contribution in [0.3, 0.4) is 0 Å². The van der Waals surface area contributed by atoms with Gasteiger partial charge in [0.1, 0.15) is 5.75 Å². The molecule has 7 rings (SSSR count). The minimum atomic E-state index is -0.582. The fraction of sp³-hybridized carbons (Fsp3) is 0.583. The molecule has 7 N–H and O–H groups in total. The molecule has 0 saturated heterocycles. The van der Waals surface area contributed by atoms with E-state index in [0.717, 1.165) is 108 Å². The van der Waals surface area contributed by atoms with Crippen molar-refractivity contribution >= 4 is 40.1 Å². The second-order valence-electron chi connectivity index (χ2n) is 17.8. The molecule has 2 aromatic heterocycles. The maximum atomic E-state index is 15.3. The number of hydrogen-bond donors (Lipinski definition) is 6. The molecular weight excluding hydrogens is 761 g/mol. The van der Waals surface area contributed by atoms with E-state index >= 15 is 4.79 Å². The number of anilines is 1. The van der Waals surface area contributed by atoms with Crippen molar-refractivity contribution in [1.29, 1.82) is 0 Å². The SMILES string of the molecule is CC#Cc1ccc(-c2ccc(C(=O)[C@H]3CC[C@@H]4C[C@]35C[C@@](CCCCC)(CC#Cc3c(cc(O)cc3NC[C@H](C)O)C[C@H]4NC(N)=NC)[C@]3(CCC[C@@H]3CO)C5)s2)s1. The first-order valence-corrected chi connectivity index (χ1v) is 23.2. The highest BCUT2D eigenvalue weighted by Gasteiger charge is 2.68. The Balaban J connectivity index is 1.38. The van der Waals surface area contributed by atoms with Crippen LogP contribution in [0.5, 0.6) is 5.75 Å². The van der Waals surface area contributed by atoms with Crippen LogP contribution >= 0.6 is 22.7 Å². The fourth-order valence-corrected chi connectivity index (χ4v) is 14.0. The Morgan fingerprint density at radius 3 is 2.69 bits per heavy atom. The first kappa shape index (κ1) is 42.3. The number of hydrogen-bond acceptors (Lipinski definition) is 8. The van der Waals surface area contributed by atoms with Gasteiger partial charge in [0.05, 0.1) is 27.1 Å². The van der Waals surface area contributed by atoms with Crippen molar-refractivity contribution in [2.24, 2.45) is 44.7 Å². The van der Waals surface area contributed by atoms with Crippen LogP contribution < -0.4 is 16.4 Å². The zero-order valence-corrected chi connectivity index (χ0v) is 36.4. The van der Waals surface area contributed by atoms with E-state index < -0.39 is 6.10 Å². The molecule has 0 radical (unpaired) electrons. The van der Waals surface area contributed by atoms with Gasteiger partial charge >= 0.3 is 0 Å². The number of Topliss-reactive ketones (excluding diaryl/α,β-unsaturated/α-hetero) is 1. The lowest BCUT2D eigenvalue weighted by Crippen LogP contribution is -2.50. The molecule has 58 heavy (non-hydrogen) atoms. The number of unbranched alkanes of at least 4 members (excludes halogenated alkanes) is 2. The lowest BCUT2D eigenvalue weighted by Gasteiger charge is -2.48. The highest BCUT2D eigenvalue weighted by molar-refractivity contribution is 7.23. The average Bonchev–Trinajstić information content (AvgIpc) is 4.01. The number of benzene rings is 1. The second kappa shape index (κ2) is 17.8. The Labute approximate surface area is 353 Å². The van der Waals surface area contributed by atoms with Gasteiger partial charge in [-0.15, -0.1) is 28.6 Å². The molecular formula is C48H62N4O4S2. The van der Waals surface area contributed by atoms with Crippen molar-refractivity contribution in [1.82, 2.24) is 5.32 Å². The predicted octanol–water partition coefficient (Wildman–Crippen LogP) is 8.97. The van der Waals surface area contributed by atoms with Crippen molar-refractivity contribution in [3.05, 3.63) is 57.3 Å². The van der Waals surface area contributed by atoms with E-state index in [1.165, 1.54) is 0 Å². The summed E-state index contributed by atoms with van der Waals surface area (Å²) in [5.74, 6) is 14.5. The molecule has 3 saturated carbocycles. The van der Waals surface area contributed by atoms with Gasteiger partial charge in [-0.25, -0.2) is 0 Å². The third-order valence-corrected chi connectivity index (χ3v) is 16.7. The van der Waals surface area contributed by atoms with Crippen molar-refractivity contribution < 1.29 is 20.1 Å². The number of nitrogens with zero attached hydrogens (tertiary/aromatic N) is 1. The van der Waals surface area contributed by atoms with Gasteiger partial charge in [0.25, 0.3) is 0 Å². The summed E-state index contributed by atoms with van der Waals surface area (Å²) in [6, 6.07) is 11.8. The number of fused-ring (bicyclic) bond motifs is 4. The van der Waals surface area contributed by atoms with Crippen LogP contribution in [0.2, 0.25) is 0 Å². The highest BCUT2D eigenvalue weighted by Crippen LogP contribution is 2.75. The van der Waals surface area contributed by atoms with Gasteiger partial charge < -0.3 is 31.7 Å². The van der Waals surface area contributed by atoms with E-state index in [-0.39, 0.29) is 58.2 Å². The molecule has 0 unspecified atom stereocenters. The molecule has 8 nitrogen and oxygen atoms in total. The van der Waals surface area contributed by atoms with Gasteiger partial charge in [-0.3, -0.25) is 9.79 Å². The summed E-state index contributed by atoms with van der Waals surface area (Å²) in [5.41, 5.74) is 8.36. The molecule has 1 aromatic carbocycles. The smallest absolute Gasteiger partial charge is 0.188 e. The van der Waals surface area contributed by atoms with Gasteiger partial charge in [0, 0.05) is 54.4 Å². The van der Waals surface area contributed by atoms with E-state index in [9.17, 15) is 15.3 Å². The minimum Gasteiger partial charge on any atom is -0.508 e. The summed E-state index contributed by atoms with van der Waals surface area (Å²) in [6.45, 7) is 6.34. The van der Waals surface area contributed by atoms with Gasteiger partial charge in [-0.2, -0.15) is 0 Å². The summed E-state index contributed by atoms with van der Waals surface area (Å²) in [6.07, 6.45) is 12.5. The molecule has 8 atom stereocenters. The number of guanidine groups is 1. The quantitative estimate of drug-likeness (QED) is 0.0353. The van der Waals surface area contributed by atoms with Crippen LogP contribution in [-0.4, -0.2) is 59.4 Å². The van der Waals surface area contributed by atoms with Crippen LogP contribution in [0.15, 0.2) is 41.4 Å². The monoisotopic (exact) mass is 822 g/mol. The number of nitrogens with two attached hydrogens (primary N) is 1. The zero-order chi connectivity index (χ0) is 41.1. The molecule has 2 spiro atoms. The second-order valence-corrected chi connectivity index (χ2v) is 20.0. The molecule has 3 fully saturated rings. The van der Waals surface area contributed by atoms with E-state index in [4.69, 9.17) is 5.73 Å². The van der Waals surface area contributed by atoms with Crippen LogP contribution in [0.25, 0.3) is 9.75 Å². The summed E-state index contributed by atoms with van der Waals surface area (Å²) in [4.78, 5) is 23.7. The van der Waals surface area contributed by atoms with Crippen LogP contribution in [0, 0.1) is 57.7 Å². The molecule has 2 heterocycles. The Morgan fingerprint density at radius 1 is 1.12 bits per heavy atom. The molecule has 310 valence electrons. The normalized spacial score (nSPS) is 29.6. The van der Waals surface area contributed by atoms with Crippen molar-refractivity contribution in [3.8, 4) is 39.2 Å². The molecule has 3 bridgehead atoms. The highest BCUT2D eigenvalue weighted by atomic mass is 32.1. The number of ketones is 1. The molecule has 4 aliphatic rings. The summed E-state index contributed by atoms with van der Waals surface area (Å²) < 4.78 is 0. The Morgan fingerprint density at radius 2 is 1.93 bits per heavy atom. The van der Waals surface area contributed by atoms with E-state index in [0.29, 0.717) is 31.0 Å². The third-order valence-electron chi connectivity index (χ3n) is 14.4. The number of carbonyl (C=O) groups is 1. The van der Waals surface area contributed by atoms with Crippen LogP contribution in [0.1, 0.15) is 130 Å². The molecule has 10 heteroatoms. The van der Waals surface area contributed by atoms with Crippen molar-refractivity contribution in [2.75, 3.05) is 25.5 Å². The van der Waals surface area contributed by atoms with Crippen molar-refractivity contribution in [3.63, 3.8) is 0 Å². The average molecular weight is 823 g/mol. The number of aliphatic imine (C=N–C) groups is 1. The molecule has 0 amide bonds. The third kappa shape index (κ3) is 8.20. The Kier molecular flexibility index (Phi) is 13.0.